The van der Waals surface area contributed by atoms with Crippen molar-refractivity contribution in [1.29, 1.82) is 0 Å². The number of nitrogens with zero attached hydrogens (tertiary/aromatic N) is 7. The van der Waals surface area contributed by atoms with Gasteiger partial charge in [0.05, 0.1) is 28.1 Å². The monoisotopic (exact) mass is 581 g/mol. The normalized spacial score (nSPS) is 11.7. The maximum Gasteiger partial charge on any atom is 0.161 e. The highest BCUT2D eigenvalue weighted by Crippen LogP contribution is 2.39. The Morgan fingerprint density at radius 3 is 2.11 bits per heavy atom. The first-order valence-corrected chi connectivity index (χ1v) is 14.6. The average molecular weight is 582 g/mol. The van der Waals surface area contributed by atoms with Gasteiger partial charge < -0.3 is 4.42 Å². The molecule has 6 heterocycles. The van der Waals surface area contributed by atoms with Gasteiger partial charge in [0.25, 0.3) is 0 Å². The molecule has 212 valence electrons. The fourth-order valence-electron chi connectivity index (χ4n) is 6.13. The molecular formula is C37H23N7O. The van der Waals surface area contributed by atoms with Gasteiger partial charge >= 0.3 is 0 Å². The van der Waals surface area contributed by atoms with Crippen LogP contribution in [0.4, 0.5) is 0 Å². The number of hydrogen-bond acceptors (Lipinski definition) is 7. The highest BCUT2D eigenvalue weighted by atomic mass is 16.3. The van der Waals surface area contributed by atoms with Crippen LogP contribution >= 0.6 is 0 Å². The molecule has 0 unspecified atom stereocenters. The van der Waals surface area contributed by atoms with Crippen LogP contribution in [0.1, 0.15) is 0 Å². The quantitative estimate of drug-likeness (QED) is 0.206. The molecule has 0 aliphatic heterocycles. The number of aryl methyl sites for hydroxylation is 1. The second kappa shape index (κ2) is 9.89. The van der Waals surface area contributed by atoms with Crippen LogP contribution in [-0.2, 0) is 7.05 Å². The summed E-state index contributed by atoms with van der Waals surface area (Å²) in [5, 5.41) is 7.71. The summed E-state index contributed by atoms with van der Waals surface area (Å²) in [5.41, 5.74) is 11.6. The van der Waals surface area contributed by atoms with E-state index < -0.39 is 0 Å². The molecule has 9 aromatic rings. The van der Waals surface area contributed by atoms with Gasteiger partial charge in [-0.3, -0.25) is 19.6 Å². The van der Waals surface area contributed by atoms with E-state index in [0.717, 1.165) is 88.9 Å². The van der Waals surface area contributed by atoms with Crippen LogP contribution in [0.15, 0.2) is 126 Å². The molecule has 0 saturated heterocycles. The van der Waals surface area contributed by atoms with Crippen molar-refractivity contribution in [3.63, 3.8) is 0 Å². The Kier molecular flexibility index (Phi) is 5.55. The molecule has 9 rings (SSSR count). The summed E-state index contributed by atoms with van der Waals surface area (Å²) in [4.78, 5) is 22.9. The molecule has 8 heteroatoms. The van der Waals surface area contributed by atoms with E-state index in [0.29, 0.717) is 0 Å². The lowest BCUT2D eigenvalue weighted by molar-refractivity contribution is 0.669. The lowest BCUT2D eigenvalue weighted by Crippen LogP contribution is -1.91. The Morgan fingerprint density at radius 2 is 1.31 bits per heavy atom. The Balaban J connectivity index is 1.18. The minimum atomic E-state index is 0.747. The zero-order valence-electron chi connectivity index (χ0n) is 24.1. The van der Waals surface area contributed by atoms with Crippen LogP contribution in [0.2, 0.25) is 0 Å². The molecule has 0 fully saturated rings. The molecule has 45 heavy (non-hydrogen) atoms. The third kappa shape index (κ3) is 4.07. The zero-order chi connectivity index (χ0) is 29.9. The molecule has 0 aliphatic carbocycles. The maximum absolute atomic E-state index is 6.48. The first-order chi connectivity index (χ1) is 22.2. The van der Waals surface area contributed by atoms with Crippen LogP contribution in [0.3, 0.4) is 0 Å². The molecule has 6 aromatic heterocycles. The van der Waals surface area contributed by atoms with Gasteiger partial charge in [0.15, 0.2) is 5.58 Å². The molecule has 8 nitrogen and oxygen atoms in total. The van der Waals surface area contributed by atoms with Crippen molar-refractivity contribution in [3.05, 3.63) is 122 Å². The lowest BCUT2D eigenvalue weighted by atomic mass is 9.99. The van der Waals surface area contributed by atoms with E-state index in [-0.39, 0.29) is 0 Å². The number of pyridine rings is 3. The molecule has 0 bridgehead atoms. The van der Waals surface area contributed by atoms with Gasteiger partial charge in [-0.2, -0.15) is 5.10 Å². The summed E-state index contributed by atoms with van der Waals surface area (Å²) < 4.78 is 8.38. The third-order valence-electron chi connectivity index (χ3n) is 8.30. The van der Waals surface area contributed by atoms with Crippen molar-refractivity contribution in [2.24, 2.45) is 7.05 Å². The molecule has 0 amide bonds. The van der Waals surface area contributed by atoms with Crippen molar-refractivity contribution >= 4 is 43.9 Å². The molecular weight excluding hydrogens is 558 g/mol. The molecule has 0 spiro atoms. The fourth-order valence-corrected chi connectivity index (χ4v) is 6.13. The van der Waals surface area contributed by atoms with E-state index in [1.54, 1.807) is 18.7 Å². The predicted molar refractivity (Wildman–Crippen MR) is 176 cm³/mol. The summed E-state index contributed by atoms with van der Waals surface area (Å²) in [7, 11) is 1.96. The summed E-state index contributed by atoms with van der Waals surface area (Å²) in [6.07, 6.45) is 7.00. The van der Waals surface area contributed by atoms with E-state index in [4.69, 9.17) is 14.5 Å². The summed E-state index contributed by atoms with van der Waals surface area (Å²) in [6.45, 7) is 0. The SMILES string of the molecule is Cn1nc(-c2ccccn2)c2cc(-c3ccnc4c3oc3ccc(-c5ccc6ncnc(-c7ccccn7)c6c5)cc34)ccc21. The molecule has 0 radical (unpaired) electrons. The molecule has 0 saturated carbocycles. The number of aromatic nitrogens is 7. The lowest BCUT2D eigenvalue weighted by Gasteiger charge is -2.07. The minimum absolute atomic E-state index is 0.747. The number of furan rings is 1. The number of hydrogen-bond donors (Lipinski definition) is 0. The topological polar surface area (TPSA) is 95.4 Å². The Morgan fingerprint density at radius 1 is 0.578 bits per heavy atom. The molecule has 0 aliphatic rings. The number of rotatable bonds is 4. The van der Waals surface area contributed by atoms with E-state index >= 15 is 0 Å². The molecule has 0 N–H and O–H groups in total. The van der Waals surface area contributed by atoms with E-state index in [1.807, 2.05) is 72.5 Å². The zero-order valence-corrected chi connectivity index (χ0v) is 24.1. The third-order valence-corrected chi connectivity index (χ3v) is 8.30. The summed E-state index contributed by atoms with van der Waals surface area (Å²) in [5.74, 6) is 0. The van der Waals surface area contributed by atoms with Gasteiger partial charge in [-0.15, -0.1) is 0 Å². The van der Waals surface area contributed by atoms with Crippen LogP contribution in [0, 0.1) is 0 Å². The molecule has 0 atom stereocenters. The Labute approximate surface area is 256 Å². The van der Waals surface area contributed by atoms with Gasteiger partial charge in [0, 0.05) is 47.4 Å². The minimum Gasteiger partial charge on any atom is -0.454 e. The second-order valence-corrected chi connectivity index (χ2v) is 10.9. The van der Waals surface area contributed by atoms with Crippen LogP contribution in [0.25, 0.3) is 88.9 Å². The standard InChI is InChI=1S/C37H23N7O/c1-44-32-12-9-24(20-27(32)35(43-44)31-7-3-5-16-39-31)25-14-17-40-36-28-19-23(10-13-33(28)45-37(25)36)22-8-11-29-26(18-22)34(42-21-41-29)30-6-2-4-15-38-30/h2-21H,1H3. The van der Waals surface area contributed by atoms with Crippen molar-refractivity contribution in [2.75, 3.05) is 0 Å². The first-order valence-electron chi connectivity index (χ1n) is 14.6. The predicted octanol–water partition coefficient (Wildman–Crippen LogP) is 8.27. The van der Waals surface area contributed by atoms with Gasteiger partial charge in [0.2, 0.25) is 0 Å². The molecule has 3 aromatic carbocycles. The van der Waals surface area contributed by atoms with Crippen molar-refractivity contribution in [3.8, 4) is 45.0 Å². The fraction of sp³-hybridized carbons (Fsp3) is 0.0270. The first kappa shape index (κ1) is 25.2. The van der Waals surface area contributed by atoms with Crippen molar-refractivity contribution < 1.29 is 4.42 Å². The Hall–Kier alpha value is -6.28. The van der Waals surface area contributed by atoms with E-state index in [2.05, 4.69) is 62.4 Å². The van der Waals surface area contributed by atoms with E-state index in [9.17, 15) is 0 Å². The van der Waals surface area contributed by atoms with Gasteiger partial charge in [-0.05, 0) is 83.4 Å². The average Bonchev–Trinajstić information content (AvgIpc) is 3.65. The number of benzene rings is 3. The maximum atomic E-state index is 6.48. The van der Waals surface area contributed by atoms with Crippen LogP contribution in [-0.4, -0.2) is 34.7 Å². The highest BCUT2D eigenvalue weighted by Gasteiger charge is 2.18. The van der Waals surface area contributed by atoms with Gasteiger partial charge in [-0.1, -0.05) is 30.3 Å². The summed E-state index contributed by atoms with van der Waals surface area (Å²) >= 11 is 0. The largest absolute Gasteiger partial charge is 0.454 e. The smallest absolute Gasteiger partial charge is 0.161 e. The van der Waals surface area contributed by atoms with Gasteiger partial charge in [-0.25, -0.2) is 9.97 Å². The Bertz CT molecular complexity index is 2560. The van der Waals surface area contributed by atoms with Crippen molar-refractivity contribution in [1.82, 2.24) is 34.7 Å². The summed E-state index contributed by atoms with van der Waals surface area (Å²) in [6, 6.07) is 32.6. The van der Waals surface area contributed by atoms with Crippen LogP contribution < -0.4 is 0 Å². The van der Waals surface area contributed by atoms with Crippen molar-refractivity contribution in [2.45, 2.75) is 0 Å². The highest BCUT2D eigenvalue weighted by molar-refractivity contribution is 6.09. The van der Waals surface area contributed by atoms with E-state index in [1.165, 1.54) is 0 Å². The number of fused-ring (bicyclic) bond motifs is 5. The van der Waals surface area contributed by atoms with Gasteiger partial charge in [0.1, 0.15) is 23.1 Å². The second-order valence-electron chi connectivity index (χ2n) is 10.9. The van der Waals surface area contributed by atoms with Crippen LogP contribution in [0.5, 0.6) is 0 Å².